The van der Waals surface area contributed by atoms with Crippen molar-refractivity contribution in [1.82, 2.24) is 5.32 Å². The van der Waals surface area contributed by atoms with Crippen LogP contribution in [0, 0.1) is 5.82 Å². The van der Waals surface area contributed by atoms with E-state index in [2.05, 4.69) is 10.6 Å². The molecule has 88 valence electrons. The number of amides is 2. The number of benzene rings is 1. The lowest BCUT2D eigenvalue weighted by molar-refractivity contribution is 0.252. The molecule has 0 saturated carbocycles. The van der Waals surface area contributed by atoms with Crippen molar-refractivity contribution in [2.45, 2.75) is 19.8 Å². The van der Waals surface area contributed by atoms with Gasteiger partial charge in [0.2, 0.25) is 0 Å². The highest BCUT2D eigenvalue weighted by atomic mass is 19.1. The van der Waals surface area contributed by atoms with Crippen molar-refractivity contribution in [3.8, 4) is 5.75 Å². The van der Waals surface area contributed by atoms with E-state index in [0.717, 1.165) is 18.9 Å². The van der Waals surface area contributed by atoms with Crippen LogP contribution < -0.4 is 10.6 Å². The summed E-state index contributed by atoms with van der Waals surface area (Å²) in [5.41, 5.74) is 0.310. The van der Waals surface area contributed by atoms with Crippen molar-refractivity contribution in [2.75, 3.05) is 11.9 Å². The highest BCUT2D eigenvalue weighted by Crippen LogP contribution is 2.19. The van der Waals surface area contributed by atoms with Crippen molar-refractivity contribution in [3.63, 3.8) is 0 Å². The fourth-order valence-electron chi connectivity index (χ4n) is 1.14. The zero-order valence-corrected chi connectivity index (χ0v) is 9.09. The average Bonchev–Trinajstić information content (AvgIpc) is 2.24. The Labute approximate surface area is 93.5 Å². The number of halogens is 1. The number of rotatable bonds is 4. The molecule has 0 aliphatic heterocycles. The molecule has 0 spiro atoms. The van der Waals surface area contributed by atoms with E-state index in [1.54, 1.807) is 0 Å². The standard InChI is InChI=1S/C11H15FN2O2/c1-2-3-6-13-11(16)14-8-4-5-10(15)9(12)7-8/h4-5,7,15H,2-3,6H2,1H3,(H2,13,14,16). The van der Waals surface area contributed by atoms with Crippen LogP contribution in [0.25, 0.3) is 0 Å². The second kappa shape index (κ2) is 5.95. The maximum absolute atomic E-state index is 12.9. The van der Waals surface area contributed by atoms with Gasteiger partial charge in [0.05, 0.1) is 0 Å². The highest BCUT2D eigenvalue weighted by Gasteiger charge is 2.04. The molecule has 16 heavy (non-hydrogen) atoms. The van der Waals surface area contributed by atoms with Crippen LogP contribution in [0.5, 0.6) is 5.75 Å². The summed E-state index contributed by atoms with van der Waals surface area (Å²) in [7, 11) is 0. The number of unbranched alkanes of at least 4 members (excludes halogenated alkanes) is 1. The van der Waals surface area contributed by atoms with Crippen LogP contribution in [0.15, 0.2) is 18.2 Å². The number of anilines is 1. The van der Waals surface area contributed by atoms with Gasteiger partial charge in [-0.25, -0.2) is 9.18 Å². The predicted octanol–water partition coefficient (Wildman–Crippen LogP) is 2.45. The number of urea groups is 1. The summed E-state index contributed by atoms with van der Waals surface area (Å²) in [6.07, 6.45) is 1.89. The quantitative estimate of drug-likeness (QED) is 0.545. The van der Waals surface area contributed by atoms with Crippen LogP contribution in [0.2, 0.25) is 0 Å². The van der Waals surface area contributed by atoms with Gasteiger partial charge >= 0.3 is 6.03 Å². The number of carbonyl (C=O) groups excluding carboxylic acids is 1. The van der Waals surface area contributed by atoms with Gasteiger partial charge in [-0.05, 0) is 18.6 Å². The maximum atomic E-state index is 12.9. The van der Waals surface area contributed by atoms with Gasteiger partial charge in [0.25, 0.3) is 0 Å². The minimum absolute atomic E-state index is 0.310. The maximum Gasteiger partial charge on any atom is 0.319 e. The van der Waals surface area contributed by atoms with E-state index in [-0.39, 0.29) is 6.03 Å². The Bertz CT molecular complexity index is 369. The molecule has 2 amide bonds. The third-order valence-corrected chi connectivity index (χ3v) is 2.02. The molecule has 0 heterocycles. The lowest BCUT2D eigenvalue weighted by Crippen LogP contribution is -2.29. The Balaban J connectivity index is 2.46. The van der Waals surface area contributed by atoms with Crippen LogP contribution >= 0.6 is 0 Å². The lowest BCUT2D eigenvalue weighted by atomic mass is 10.3. The molecular weight excluding hydrogens is 211 g/mol. The number of phenolic OH excluding ortho intramolecular Hbond substituents is 1. The van der Waals surface area contributed by atoms with E-state index in [1.165, 1.54) is 12.1 Å². The van der Waals surface area contributed by atoms with E-state index < -0.39 is 11.6 Å². The summed E-state index contributed by atoms with van der Waals surface area (Å²) >= 11 is 0. The molecule has 0 radical (unpaired) electrons. The van der Waals surface area contributed by atoms with Gasteiger partial charge < -0.3 is 15.7 Å². The number of phenols is 1. The molecule has 0 aliphatic rings. The molecule has 0 bridgehead atoms. The first-order chi connectivity index (χ1) is 7.63. The smallest absolute Gasteiger partial charge is 0.319 e. The van der Waals surface area contributed by atoms with Crippen molar-refractivity contribution in [3.05, 3.63) is 24.0 Å². The van der Waals surface area contributed by atoms with Gasteiger partial charge in [-0.1, -0.05) is 13.3 Å². The molecule has 1 aromatic rings. The lowest BCUT2D eigenvalue weighted by Gasteiger charge is -2.07. The molecule has 0 aliphatic carbocycles. The molecule has 0 saturated heterocycles. The average molecular weight is 226 g/mol. The molecule has 5 heteroatoms. The van der Waals surface area contributed by atoms with E-state index >= 15 is 0 Å². The second-order valence-electron chi connectivity index (χ2n) is 3.40. The first-order valence-corrected chi connectivity index (χ1v) is 5.17. The van der Waals surface area contributed by atoms with E-state index in [0.29, 0.717) is 12.2 Å². The van der Waals surface area contributed by atoms with Crippen LogP contribution in [-0.4, -0.2) is 17.7 Å². The highest BCUT2D eigenvalue weighted by molar-refractivity contribution is 5.89. The molecule has 1 rings (SSSR count). The fraction of sp³-hybridized carbons (Fsp3) is 0.364. The van der Waals surface area contributed by atoms with Crippen molar-refractivity contribution in [1.29, 1.82) is 0 Å². The predicted molar refractivity (Wildman–Crippen MR) is 60.0 cm³/mol. The summed E-state index contributed by atoms with van der Waals surface area (Å²) in [6, 6.07) is 3.31. The molecule has 0 atom stereocenters. The molecule has 4 nitrogen and oxygen atoms in total. The number of hydrogen-bond donors (Lipinski definition) is 3. The summed E-state index contributed by atoms with van der Waals surface area (Å²) in [5.74, 6) is -1.19. The van der Waals surface area contributed by atoms with E-state index in [9.17, 15) is 9.18 Å². The minimum Gasteiger partial charge on any atom is -0.505 e. The first kappa shape index (κ1) is 12.3. The molecular formula is C11H15FN2O2. The van der Waals surface area contributed by atoms with Gasteiger partial charge in [0, 0.05) is 18.3 Å². The number of aromatic hydroxyl groups is 1. The summed E-state index contributed by atoms with van der Waals surface area (Å²) in [5, 5.41) is 14.0. The Morgan fingerprint density at radius 2 is 2.25 bits per heavy atom. The topological polar surface area (TPSA) is 61.4 Å². The third kappa shape index (κ3) is 3.76. The van der Waals surface area contributed by atoms with Crippen LogP contribution in [-0.2, 0) is 0 Å². The van der Waals surface area contributed by atoms with Gasteiger partial charge in [0.1, 0.15) is 0 Å². The van der Waals surface area contributed by atoms with E-state index in [4.69, 9.17) is 5.11 Å². The van der Waals surface area contributed by atoms with Crippen LogP contribution in [0.4, 0.5) is 14.9 Å². The van der Waals surface area contributed by atoms with Gasteiger partial charge in [-0.15, -0.1) is 0 Å². The molecule has 0 unspecified atom stereocenters. The molecule has 1 aromatic carbocycles. The van der Waals surface area contributed by atoms with E-state index in [1.807, 2.05) is 6.92 Å². The van der Waals surface area contributed by atoms with Gasteiger partial charge in [0.15, 0.2) is 11.6 Å². The Morgan fingerprint density at radius 1 is 1.50 bits per heavy atom. The van der Waals surface area contributed by atoms with Crippen LogP contribution in [0.3, 0.4) is 0 Å². The Hall–Kier alpha value is -1.78. The Kier molecular flexibility index (Phi) is 4.57. The number of carbonyl (C=O) groups is 1. The molecule has 0 fully saturated rings. The normalized spacial score (nSPS) is 9.88. The summed E-state index contributed by atoms with van der Waals surface area (Å²) < 4.78 is 12.9. The first-order valence-electron chi connectivity index (χ1n) is 5.17. The van der Waals surface area contributed by atoms with Crippen molar-refractivity contribution < 1.29 is 14.3 Å². The second-order valence-corrected chi connectivity index (χ2v) is 3.40. The Morgan fingerprint density at radius 3 is 2.88 bits per heavy atom. The zero-order chi connectivity index (χ0) is 12.0. The number of nitrogens with one attached hydrogen (secondary N) is 2. The fourth-order valence-corrected chi connectivity index (χ4v) is 1.14. The number of hydrogen-bond acceptors (Lipinski definition) is 2. The van der Waals surface area contributed by atoms with Crippen molar-refractivity contribution in [2.24, 2.45) is 0 Å². The van der Waals surface area contributed by atoms with Crippen LogP contribution in [0.1, 0.15) is 19.8 Å². The zero-order valence-electron chi connectivity index (χ0n) is 9.09. The minimum atomic E-state index is -0.758. The monoisotopic (exact) mass is 226 g/mol. The van der Waals surface area contributed by atoms with Gasteiger partial charge in [-0.3, -0.25) is 0 Å². The van der Waals surface area contributed by atoms with Crippen molar-refractivity contribution >= 4 is 11.7 Å². The van der Waals surface area contributed by atoms with Gasteiger partial charge in [-0.2, -0.15) is 0 Å². The molecule has 3 N–H and O–H groups in total. The summed E-state index contributed by atoms with van der Waals surface area (Å²) in [6.45, 7) is 2.61. The third-order valence-electron chi connectivity index (χ3n) is 2.02. The summed E-state index contributed by atoms with van der Waals surface area (Å²) in [4.78, 5) is 11.3. The molecule has 0 aromatic heterocycles. The largest absolute Gasteiger partial charge is 0.505 e. The SMILES string of the molecule is CCCCNC(=O)Nc1ccc(O)c(F)c1.